The van der Waals surface area contributed by atoms with E-state index in [0.717, 1.165) is 0 Å². The van der Waals surface area contributed by atoms with Crippen LogP contribution in [0.4, 0.5) is 5.69 Å². The molecular formula is C15H21N3O3. The molecule has 0 aromatic heterocycles. The lowest BCUT2D eigenvalue weighted by Crippen LogP contribution is -2.31. The monoisotopic (exact) mass is 291 g/mol. The van der Waals surface area contributed by atoms with Gasteiger partial charge in [-0.15, -0.1) is 0 Å². The predicted octanol–water partition coefficient (Wildman–Crippen LogP) is 0.564. The van der Waals surface area contributed by atoms with Gasteiger partial charge in [0.25, 0.3) is 0 Å². The first-order valence-electron chi connectivity index (χ1n) is 6.93. The molecule has 0 fully saturated rings. The summed E-state index contributed by atoms with van der Waals surface area (Å²) in [5.41, 5.74) is 1.12. The summed E-state index contributed by atoms with van der Waals surface area (Å²) in [4.78, 5) is 13.7. The van der Waals surface area contributed by atoms with Crippen molar-refractivity contribution < 1.29 is 15.0 Å². The maximum atomic E-state index is 11.8. The molecule has 0 aliphatic carbocycles. The van der Waals surface area contributed by atoms with Crippen LogP contribution in [0.5, 0.6) is 0 Å². The molecule has 21 heavy (non-hydrogen) atoms. The Morgan fingerprint density at radius 2 is 1.95 bits per heavy atom. The number of carbonyl (C=O) groups is 1. The Labute approximate surface area is 124 Å². The smallest absolute Gasteiger partial charge is 0.224 e. The molecule has 0 atom stereocenters. The second-order valence-corrected chi connectivity index (χ2v) is 4.63. The second-order valence-electron chi connectivity index (χ2n) is 4.63. The molecular weight excluding hydrogens is 270 g/mol. The van der Waals surface area contributed by atoms with Gasteiger partial charge in [-0.05, 0) is 31.2 Å². The fourth-order valence-electron chi connectivity index (χ4n) is 1.97. The second kappa shape index (κ2) is 9.88. The number of nitrogens with one attached hydrogen (secondary N) is 1. The first kappa shape index (κ1) is 17.1. The molecule has 1 aromatic carbocycles. The summed E-state index contributed by atoms with van der Waals surface area (Å²) in [5, 5.41) is 29.3. The van der Waals surface area contributed by atoms with Gasteiger partial charge in [0, 0.05) is 25.2 Å². The van der Waals surface area contributed by atoms with Crippen molar-refractivity contribution in [2.75, 3.05) is 38.2 Å². The van der Waals surface area contributed by atoms with Gasteiger partial charge in [0.2, 0.25) is 5.91 Å². The fraction of sp³-hybridized carbons (Fsp3) is 0.467. The van der Waals surface area contributed by atoms with Crippen LogP contribution in [0.15, 0.2) is 24.3 Å². The standard InChI is InChI=1S/C15H21N3O3/c16-12-13-3-1-4-14(11-13)17-15(21)5-2-6-18(7-9-19)8-10-20/h1,3-4,11,19-20H,2,5-10H2,(H,17,21). The summed E-state index contributed by atoms with van der Waals surface area (Å²) in [5.74, 6) is -0.113. The van der Waals surface area contributed by atoms with Crippen LogP contribution in [0.2, 0.25) is 0 Å². The van der Waals surface area contributed by atoms with Crippen molar-refractivity contribution in [1.82, 2.24) is 4.90 Å². The molecule has 0 aliphatic rings. The highest BCUT2D eigenvalue weighted by molar-refractivity contribution is 5.90. The van der Waals surface area contributed by atoms with Crippen LogP contribution >= 0.6 is 0 Å². The van der Waals surface area contributed by atoms with E-state index in [1.54, 1.807) is 24.3 Å². The Morgan fingerprint density at radius 3 is 2.57 bits per heavy atom. The molecule has 0 aliphatic heterocycles. The summed E-state index contributed by atoms with van der Waals surface area (Å²) < 4.78 is 0. The van der Waals surface area contributed by atoms with Crippen molar-refractivity contribution in [3.63, 3.8) is 0 Å². The third-order valence-electron chi connectivity index (χ3n) is 2.99. The summed E-state index contributed by atoms with van der Waals surface area (Å²) >= 11 is 0. The number of nitriles is 1. The van der Waals surface area contributed by atoms with Crippen molar-refractivity contribution >= 4 is 11.6 Å². The molecule has 1 aromatic rings. The zero-order valence-corrected chi connectivity index (χ0v) is 12.0. The Hall–Kier alpha value is -1.94. The summed E-state index contributed by atoms with van der Waals surface area (Å²) in [6, 6.07) is 8.79. The highest BCUT2D eigenvalue weighted by Crippen LogP contribution is 2.10. The quantitative estimate of drug-likeness (QED) is 0.618. The molecule has 0 spiro atoms. The highest BCUT2D eigenvalue weighted by atomic mass is 16.3. The van der Waals surface area contributed by atoms with E-state index >= 15 is 0 Å². The summed E-state index contributed by atoms with van der Waals surface area (Å²) in [6.45, 7) is 1.70. The molecule has 0 heterocycles. The van der Waals surface area contributed by atoms with E-state index in [2.05, 4.69) is 5.32 Å². The van der Waals surface area contributed by atoms with Gasteiger partial charge in [-0.2, -0.15) is 5.26 Å². The minimum absolute atomic E-state index is 0.0349. The predicted molar refractivity (Wildman–Crippen MR) is 79.6 cm³/mol. The minimum atomic E-state index is -0.113. The van der Waals surface area contributed by atoms with Crippen LogP contribution < -0.4 is 5.32 Å². The number of hydrogen-bond acceptors (Lipinski definition) is 5. The van der Waals surface area contributed by atoms with Gasteiger partial charge >= 0.3 is 0 Å². The average molecular weight is 291 g/mol. The van der Waals surface area contributed by atoms with Gasteiger partial charge in [-0.25, -0.2) is 0 Å². The highest BCUT2D eigenvalue weighted by Gasteiger charge is 2.06. The number of hydrogen-bond donors (Lipinski definition) is 3. The number of rotatable bonds is 9. The molecule has 114 valence electrons. The van der Waals surface area contributed by atoms with Gasteiger partial charge < -0.3 is 15.5 Å². The topological polar surface area (TPSA) is 96.6 Å². The van der Waals surface area contributed by atoms with Gasteiger partial charge in [0.05, 0.1) is 24.8 Å². The molecule has 0 radical (unpaired) electrons. The third kappa shape index (κ3) is 6.86. The van der Waals surface area contributed by atoms with Gasteiger partial charge in [-0.3, -0.25) is 9.69 Å². The van der Waals surface area contributed by atoms with Crippen molar-refractivity contribution in [2.24, 2.45) is 0 Å². The van der Waals surface area contributed by atoms with Gasteiger partial charge in [0.15, 0.2) is 0 Å². The Kier molecular flexibility index (Phi) is 8.05. The largest absolute Gasteiger partial charge is 0.395 e. The summed E-state index contributed by atoms with van der Waals surface area (Å²) in [7, 11) is 0. The van der Waals surface area contributed by atoms with Gasteiger partial charge in [-0.1, -0.05) is 6.07 Å². The molecule has 1 amide bonds. The first-order chi connectivity index (χ1) is 10.2. The molecule has 0 unspecified atom stereocenters. The molecule has 3 N–H and O–H groups in total. The van der Waals surface area contributed by atoms with Crippen molar-refractivity contribution in [3.8, 4) is 6.07 Å². The number of anilines is 1. The third-order valence-corrected chi connectivity index (χ3v) is 2.99. The van der Waals surface area contributed by atoms with Crippen LogP contribution in [0, 0.1) is 11.3 Å². The molecule has 6 nitrogen and oxygen atoms in total. The Morgan fingerprint density at radius 1 is 1.24 bits per heavy atom. The van der Waals surface area contributed by atoms with Gasteiger partial charge in [0.1, 0.15) is 0 Å². The zero-order chi connectivity index (χ0) is 15.5. The lowest BCUT2D eigenvalue weighted by molar-refractivity contribution is -0.116. The minimum Gasteiger partial charge on any atom is -0.395 e. The number of amides is 1. The number of carbonyl (C=O) groups excluding carboxylic acids is 1. The molecule has 0 bridgehead atoms. The Balaban J connectivity index is 2.35. The van der Waals surface area contributed by atoms with Crippen LogP contribution in [0.25, 0.3) is 0 Å². The zero-order valence-electron chi connectivity index (χ0n) is 12.0. The molecule has 0 saturated heterocycles. The number of benzene rings is 1. The van der Waals surface area contributed by atoms with E-state index in [9.17, 15) is 4.79 Å². The normalized spacial score (nSPS) is 10.4. The van der Waals surface area contributed by atoms with Crippen molar-refractivity contribution in [1.29, 1.82) is 5.26 Å². The fourth-order valence-corrected chi connectivity index (χ4v) is 1.97. The van der Waals surface area contributed by atoms with Crippen LogP contribution in [-0.4, -0.2) is 53.9 Å². The van der Waals surface area contributed by atoms with Crippen molar-refractivity contribution in [3.05, 3.63) is 29.8 Å². The van der Waals surface area contributed by atoms with Crippen LogP contribution in [0.3, 0.4) is 0 Å². The molecule has 0 saturated carbocycles. The van der Waals surface area contributed by atoms with Crippen molar-refractivity contribution in [2.45, 2.75) is 12.8 Å². The van der Waals surface area contributed by atoms with E-state index in [-0.39, 0.29) is 19.1 Å². The maximum Gasteiger partial charge on any atom is 0.224 e. The SMILES string of the molecule is N#Cc1cccc(NC(=O)CCCN(CCO)CCO)c1. The van der Waals surface area contributed by atoms with E-state index in [1.165, 1.54) is 0 Å². The van der Waals surface area contributed by atoms with E-state index < -0.39 is 0 Å². The number of aliphatic hydroxyl groups is 2. The van der Waals surface area contributed by atoms with E-state index in [4.69, 9.17) is 15.5 Å². The summed E-state index contributed by atoms with van der Waals surface area (Å²) in [6.07, 6.45) is 0.994. The van der Waals surface area contributed by atoms with Crippen LogP contribution in [0.1, 0.15) is 18.4 Å². The van der Waals surface area contributed by atoms with E-state index in [1.807, 2.05) is 11.0 Å². The average Bonchev–Trinajstić information content (AvgIpc) is 2.48. The molecule has 6 heteroatoms. The lowest BCUT2D eigenvalue weighted by atomic mass is 10.2. The van der Waals surface area contributed by atoms with E-state index in [0.29, 0.717) is 43.7 Å². The lowest BCUT2D eigenvalue weighted by Gasteiger charge is -2.19. The maximum absolute atomic E-state index is 11.8. The number of aliphatic hydroxyl groups excluding tert-OH is 2. The van der Waals surface area contributed by atoms with Crippen LogP contribution in [-0.2, 0) is 4.79 Å². The Bertz CT molecular complexity index is 479. The number of nitrogens with zero attached hydrogens (tertiary/aromatic N) is 2. The first-order valence-corrected chi connectivity index (χ1v) is 6.93. The molecule has 1 rings (SSSR count).